The predicted molar refractivity (Wildman–Crippen MR) is 40.8 cm³/mol. The van der Waals surface area contributed by atoms with Gasteiger partial charge in [0.05, 0.1) is 0 Å². The van der Waals surface area contributed by atoms with Gasteiger partial charge in [0.25, 0.3) is 0 Å². The van der Waals surface area contributed by atoms with Crippen molar-refractivity contribution >= 4 is 11.9 Å². The van der Waals surface area contributed by atoms with Crippen LogP contribution in [-0.2, 0) is 4.79 Å². The number of hydrogen-bond donors (Lipinski definition) is 1. The van der Waals surface area contributed by atoms with E-state index in [2.05, 4.69) is 0 Å². The van der Waals surface area contributed by atoms with Crippen LogP contribution in [0.2, 0.25) is 0 Å². The van der Waals surface area contributed by atoms with Crippen molar-refractivity contribution < 1.29 is 14.7 Å². The first-order valence-electron chi connectivity index (χ1n) is 4.19. The van der Waals surface area contributed by atoms with E-state index in [0.29, 0.717) is 25.4 Å². The first kappa shape index (κ1) is 7.58. The summed E-state index contributed by atoms with van der Waals surface area (Å²) in [7, 11) is 0. The van der Waals surface area contributed by atoms with Crippen molar-refractivity contribution in [2.45, 2.75) is 12.8 Å². The number of carbonyl (C=O) groups excluding carboxylic acids is 1. The van der Waals surface area contributed by atoms with E-state index in [-0.39, 0.29) is 11.7 Å². The first-order chi connectivity index (χ1) is 5.68. The zero-order valence-corrected chi connectivity index (χ0v) is 6.69. The molecule has 66 valence electrons. The molecule has 1 saturated heterocycles. The van der Waals surface area contributed by atoms with E-state index in [4.69, 9.17) is 5.11 Å². The lowest BCUT2D eigenvalue weighted by Gasteiger charge is -2.42. The third kappa shape index (κ3) is 0.983. The van der Waals surface area contributed by atoms with Crippen LogP contribution in [0.1, 0.15) is 12.8 Å². The number of ketones is 1. The smallest absolute Gasteiger partial charge is 0.407 e. The summed E-state index contributed by atoms with van der Waals surface area (Å²) in [5, 5.41) is 8.67. The minimum Gasteiger partial charge on any atom is -0.465 e. The number of Topliss-reactive ketones (excluding diaryl/α,β-unsaturated/α-hetero) is 1. The van der Waals surface area contributed by atoms with Crippen LogP contribution in [0.15, 0.2) is 0 Å². The zero-order valence-electron chi connectivity index (χ0n) is 6.69. The minimum atomic E-state index is -0.895. The molecule has 0 spiro atoms. The second-order valence-corrected chi connectivity index (χ2v) is 3.55. The third-order valence-corrected chi connectivity index (χ3v) is 2.90. The van der Waals surface area contributed by atoms with Gasteiger partial charge in [-0.1, -0.05) is 0 Å². The summed E-state index contributed by atoms with van der Waals surface area (Å²) in [5.74, 6) is 0.744. The lowest BCUT2D eigenvalue weighted by Crippen LogP contribution is -2.52. The molecule has 1 N–H and O–H groups in total. The number of fused-ring (bicyclic) bond motifs is 1. The van der Waals surface area contributed by atoms with Crippen molar-refractivity contribution in [2.75, 3.05) is 13.1 Å². The maximum Gasteiger partial charge on any atom is 0.407 e. The third-order valence-electron chi connectivity index (χ3n) is 2.90. The summed E-state index contributed by atoms with van der Waals surface area (Å²) in [6, 6.07) is 0. The average molecular weight is 169 g/mol. The second kappa shape index (κ2) is 2.47. The summed E-state index contributed by atoms with van der Waals surface area (Å²) in [6.45, 7) is 1.03. The lowest BCUT2D eigenvalue weighted by molar-refractivity contribution is -0.137. The molecular weight excluding hydrogens is 158 g/mol. The van der Waals surface area contributed by atoms with Gasteiger partial charge in [-0.05, 0) is 12.3 Å². The van der Waals surface area contributed by atoms with E-state index < -0.39 is 6.09 Å². The Kier molecular flexibility index (Phi) is 1.56. The largest absolute Gasteiger partial charge is 0.465 e. The Morgan fingerprint density at radius 2 is 2.33 bits per heavy atom. The van der Waals surface area contributed by atoms with E-state index in [1.165, 1.54) is 4.90 Å². The molecule has 1 aliphatic heterocycles. The Labute approximate surface area is 70.2 Å². The van der Waals surface area contributed by atoms with Gasteiger partial charge >= 0.3 is 6.09 Å². The molecule has 0 aromatic rings. The molecule has 2 fully saturated rings. The summed E-state index contributed by atoms with van der Waals surface area (Å²) in [4.78, 5) is 22.9. The molecule has 0 radical (unpaired) electrons. The fraction of sp³-hybridized carbons (Fsp3) is 0.750. The molecule has 2 unspecified atom stereocenters. The average Bonchev–Trinajstić information content (AvgIpc) is 2.02. The number of nitrogens with zero attached hydrogens (tertiary/aromatic N) is 1. The van der Waals surface area contributed by atoms with Gasteiger partial charge in [-0.3, -0.25) is 4.79 Å². The van der Waals surface area contributed by atoms with Crippen LogP contribution < -0.4 is 0 Å². The van der Waals surface area contributed by atoms with E-state index in [1.54, 1.807) is 0 Å². The topological polar surface area (TPSA) is 57.6 Å². The highest BCUT2D eigenvalue weighted by molar-refractivity contribution is 5.88. The van der Waals surface area contributed by atoms with Gasteiger partial charge in [-0.2, -0.15) is 0 Å². The molecule has 1 amide bonds. The maximum absolute atomic E-state index is 11.0. The highest BCUT2D eigenvalue weighted by Crippen LogP contribution is 2.37. The van der Waals surface area contributed by atoms with Crippen molar-refractivity contribution in [2.24, 2.45) is 11.8 Å². The second-order valence-electron chi connectivity index (χ2n) is 3.55. The zero-order chi connectivity index (χ0) is 8.72. The van der Waals surface area contributed by atoms with Crippen molar-refractivity contribution in [1.82, 2.24) is 4.90 Å². The van der Waals surface area contributed by atoms with Gasteiger partial charge in [0, 0.05) is 25.4 Å². The number of piperidine rings is 1. The molecular formula is C8H11NO3. The fourth-order valence-corrected chi connectivity index (χ4v) is 2.03. The van der Waals surface area contributed by atoms with Gasteiger partial charge in [0.2, 0.25) is 0 Å². The number of rotatable bonds is 0. The summed E-state index contributed by atoms with van der Waals surface area (Å²) in [6.07, 6.45) is 0.647. The SMILES string of the molecule is O=C1CC2CCN(C(=O)O)CC12. The van der Waals surface area contributed by atoms with Crippen LogP contribution in [-0.4, -0.2) is 35.0 Å². The Morgan fingerprint density at radius 3 is 2.92 bits per heavy atom. The van der Waals surface area contributed by atoms with Gasteiger partial charge in [0.15, 0.2) is 0 Å². The highest BCUT2D eigenvalue weighted by Gasteiger charge is 2.44. The maximum atomic E-state index is 11.0. The standard InChI is InChI=1S/C8H11NO3/c10-7-3-5-1-2-9(8(11)12)4-6(5)7/h5-6H,1-4H2,(H,11,12). The Hall–Kier alpha value is -1.06. The van der Waals surface area contributed by atoms with E-state index in [1.807, 2.05) is 0 Å². The normalized spacial score (nSPS) is 34.0. The molecule has 1 saturated carbocycles. The van der Waals surface area contributed by atoms with Gasteiger partial charge in [-0.15, -0.1) is 0 Å². The van der Waals surface area contributed by atoms with E-state index >= 15 is 0 Å². The van der Waals surface area contributed by atoms with Crippen LogP contribution in [0, 0.1) is 11.8 Å². The molecule has 2 atom stereocenters. The number of carbonyl (C=O) groups is 2. The number of likely N-dealkylation sites (tertiary alicyclic amines) is 1. The number of amides is 1. The predicted octanol–water partition coefficient (Wildman–Crippen LogP) is 0.575. The Balaban J connectivity index is 2.00. The molecule has 0 aromatic heterocycles. The quantitative estimate of drug-likeness (QED) is 0.577. The number of hydrogen-bond acceptors (Lipinski definition) is 2. The molecule has 2 aliphatic rings. The van der Waals surface area contributed by atoms with Crippen molar-refractivity contribution in [3.8, 4) is 0 Å². The van der Waals surface area contributed by atoms with Gasteiger partial charge in [-0.25, -0.2) is 4.79 Å². The first-order valence-corrected chi connectivity index (χ1v) is 4.19. The summed E-state index contributed by atoms with van der Waals surface area (Å²) < 4.78 is 0. The Morgan fingerprint density at radius 1 is 1.58 bits per heavy atom. The van der Waals surface area contributed by atoms with Crippen LogP contribution in [0.4, 0.5) is 4.79 Å². The van der Waals surface area contributed by atoms with E-state index in [0.717, 1.165) is 6.42 Å². The molecule has 2 rings (SSSR count). The van der Waals surface area contributed by atoms with E-state index in [9.17, 15) is 9.59 Å². The highest BCUT2D eigenvalue weighted by atomic mass is 16.4. The molecule has 0 aromatic carbocycles. The molecule has 12 heavy (non-hydrogen) atoms. The number of carboxylic acid groups (broad SMARTS) is 1. The molecule has 4 heteroatoms. The molecule has 4 nitrogen and oxygen atoms in total. The fourth-order valence-electron chi connectivity index (χ4n) is 2.03. The van der Waals surface area contributed by atoms with Crippen molar-refractivity contribution in [1.29, 1.82) is 0 Å². The van der Waals surface area contributed by atoms with Crippen molar-refractivity contribution in [3.63, 3.8) is 0 Å². The van der Waals surface area contributed by atoms with Crippen LogP contribution in [0.25, 0.3) is 0 Å². The van der Waals surface area contributed by atoms with Crippen LogP contribution >= 0.6 is 0 Å². The van der Waals surface area contributed by atoms with Gasteiger partial charge in [0.1, 0.15) is 5.78 Å². The summed E-state index contributed by atoms with van der Waals surface area (Å²) >= 11 is 0. The molecule has 1 heterocycles. The Bertz CT molecular complexity index is 230. The molecule has 1 aliphatic carbocycles. The van der Waals surface area contributed by atoms with Gasteiger partial charge < -0.3 is 10.0 Å². The monoisotopic (exact) mass is 169 g/mol. The van der Waals surface area contributed by atoms with Crippen molar-refractivity contribution in [3.05, 3.63) is 0 Å². The van der Waals surface area contributed by atoms with Crippen LogP contribution in [0.3, 0.4) is 0 Å². The molecule has 0 bridgehead atoms. The summed E-state index contributed by atoms with van der Waals surface area (Å²) in [5.41, 5.74) is 0. The van der Waals surface area contributed by atoms with Crippen LogP contribution in [0.5, 0.6) is 0 Å². The minimum absolute atomic E-state index is 0.0230. The lowest BCUT2D eigenvalue weighted by atomic mass is 9.68.